The molecule has 0 N–H and O–H groups in total. The molecule has 0 aliphatic rings. The van der Waals surface area contributed by atoms with Crippen molar-refractivity contribution in [3.05, 3.63) is 54.5 Å². The van der Waals surface area contributed by atoms with Gasteiger partial charge in [0, 0.05) is 24.9 Å². The van der Waals surface area contributed by atoms with Gasteiger partial charge in [0.1, 0.15) is 0 Å². The number of ketones is 2. The largest absolute Gasteiger partial charge is 1.00 e. The van der Waals surface area contributed by atoms with Crippen molar-refractivity contribution in [2.24, 2.45) is 0 Å². The Morgan fingerprint density at radius 3 is 2.47 bits per heavy atom. The van der Waals surface area contributed by atoms with E-state index in [0.717, 1.165) is 0 Å². The molecule has 1 unspecified atom stereocenters. The molecule has 1 atom stereocenters. The number of rotatable bonds is 7. The van der Waals surface area contributed by atoms with Crippen molar-refractivity contribution < 1.29 is 65.7 Å². The molecule has 0 amide bonds. The molecule has 0 saturated carbocycles. The van der Waals surface area contributed by atoms with Gasteiger partial charge >= 0.3 is 51.4 Å². The van der Waals surface area contributed by atoms with E-state index in [9.17, 15) is 9.59 Å². The van der Waals surface area contributed by atoms with Crippen LogP contribution in [0.3, 0.4) is 0 Å². The molecule has 1 rings (SSSR count). The minimum atomic E-state index is -0.360. The molecule has 0 radical (unpaired) electrons. The molecule has 0 bridgehead atoms. The van der Waals surface area contributed by atoms with E-state index in [0.29, 0.717) is 5.56 Å². The van der Waals surface area contributed by atoms with Crippen molar-refractivity contribution in [3.63, 3.8) is 0 Å². The van der Waals surface area contributed by atoms with Crippen molar-refractivity contribution in [1.29, 1.82) is 0 Å². The van der Waals surface area contributed by atoms with Crippen LogP contribution in [0.15, 0.2) is 42.5 Å². The monoisotopic (exact) mass is 284 g/mol. The molecule has 4 heteroatoms. The second kappa shape index (κ2) is 10.5. The zero-order chi connectivity index (χ0) is 13.4. The van der Waals surface area contributed by atoms with E-state index < -0.39 is 0 Å². The summed E-state index contributed by atoms with van der Waals surface area (Å²) in [5, 5.41) is 0. The number of carbonyl (C=O) groups excluding carboxylic acids is 2. The Labute approximate surface area is 156 Å². The molecular formula is C15H17KO3. The quantitative estimate of drug-likeness (QED) is 0.297. The molecule has 3 nitrogen and oxygen atoms in total. The van der Waals surface area contributed by atoms with Crippen LogP contribution in [0.2, 0.25) is 0 Å². The average molecular weight is 284 g/mol. The summed E-state index contributed by atoms with van der Waals surface area (Å²) < 4.78 is 5.13. The molecule has 0 aliphatic carbocycles. The maximum Gasteiger partial charge on any atom is 1.00 e. The number of carbonyl (C=O) groups is 2. The summed E-state index contributed by atoms with van der Waals surface area (Å²) in [5.41, 5.74) is 0.622. The van der Waals surface area contributed by atoms with Crippen LogP contribution in [-0.4, -0.2) is 24.8 Å². The van der Waals surface area contributed by atoms with Crippen LogP contribution < -0.4 is 51.4 Å². The van der Waals surface area contributed by atoms with Crippen LogP contribution in [0.1, 0.15) is 23.7 Å². The zero-order valence-electron chi connectivity index (χ0n) is 11.6. The fourth-order valence-electron chi connectivity index (χ4n) is 1.44. The van der Waals surface area contributed by atoms with Crippen LogP contribution >= 0.6 is 0 Å². The summed E-state index contributed by atoms with van der Waals surface area (Å²) in [4.78, 5) is 23.0. The second-order valence-electron chi connectivity index (χ2n) is 3.82. The third-order valence-corrected chi connectivity index (χ3v) is 2.55. The summed E-state index contributed by atoms with van der Waals surface area (Å²) >= 11 is 0. The van der Waals surface area contributed by atoms with Gasteiger partial charge in [-0.3, -0.25) is 4.79 Å². The van der Waals surface area contributed by atoms with E-state index in [4.69, 9.17) is 4.74 Å². The fourth-order valence-corrected chi connectivity index (χ4v) is 1.44. The van der Waals surface area contributed by atoms with E-state index in [2.05, 4.69) is 0 Å². The molecule has 96 valence electrons. The van der Waals surface area contributed by atoms with Crippen LogP contribution in [0.25, 0.3) is 0 Å². The van der Waals surface area contributed by atoms with Gasteiger partial charge in [-0.2, -0.15) is 6.92 Å². The van der Waals surface area contributed by atoms with Crippen LogP contribution in [-0.2, 0) is 9.53 Å². The third-order valence-electron chi connectivity index (χ3n) is 2.55. The maximum atomic E-state index is 11.8. The van der Waals surface area contributed by atoms with E-state index >= 15 is 0 Å². The summed E-state index contributed by atoms with van der Waals surface area (Å²) in [6.07, 6.45) is 4.47. The summed E-state index contributed by atoms with van der Waals surface area (Å²) in [6.45, 7) is 1.69. The number of benzene rings is 1. The van der Waals surface area contributed by atoms with E-state index in [1.165, 1.54) is 19.6 Å². The van der Waals surface area contributed by atoms with Gasteiger partial charge in [-0.05, 0) is 6.08 Å². The van der Waals surface area contributed by atoms with Crippen LogP contribution in [0.5, 0.6) is 0 Å². The van der Waals surface area contributed by atoms with Gasteiger partial charge < -0.3 is 16.0 Å². The molecule has 0 saturated heterocycles. The van der Waals surface area contributed by atoms with Gasteiger partial charge in [0.05, 0.1) is 6.10 Å². The number of ether oxygens (including phenoxy) is 1. The van der Waals surface area contributed by atoms with E-state index in [1.807, 2.05) is 18.2 Å². The summed E-state index contributed by atoms with van der Waals surface area (Å²) in [7, 11) is 1.52. The first-order valence-corrected chi connectivity index (χ1v) is 5.80. The Balaban J connectivity index is 0.00000324. The maximum absolute atomic E-state index is 11.8. The molecule has 1 aromatic carbocycles. The van der Waals surface area contributed by atoms with Gasteiger partial charge in [0.2, 0.25) is 0 Å². The van der Waals surface area contributed by atoms with Gasteiger partial charge in [-0.15, -0.1) is 0 Å². The summed E-state index contributed by atoms with van der Waals surface area (Å²) in [5.74, 6) is -0.0933. The predicted molar refractivity (Wildman–Crippen MR) is 70.3 cm³/mol. The zero-order valence-corrected chi connectivity index (χ0v) is 14.8. The smallest absolute Gasteiger partial charge is 0.377 e. The Kier molecular flexibility index (Phi) is 10.4. The minimum absolute atomic E-state index is 0. The number of Topliss-reactive ketones (excluding diaryl/α,β-unsaturated/α-hetero) is 1. The van der Waals surface area contributed by atoms with Crippen molar-refractivity contribution in [1.82, 2.24) is 0 Å². The number of hydrogen-bond acceptors (Lipinski definition) is 3. The van der Waals surface area contributed by atoms with Crippen LogP contribution in [0.4, 0.5) is 0 Å². The Hall–Kier alpha value is -0.234. The van der Waals surface area contributed by atoms with Gasteiger partial charge in [0.25, 0.3) is 0 Å². The topological polar surface area (TPSA) is 43.4 Å². The van der Waals surface area contributed by atoms with Gasteiger partial charge in [0.15, 0.2) is 5.78 Å². The first-order valence-electron chi connectivity index (χ1n) is 5.80. The standard InChI is InChI=1S/C15H17O3.K/c1-3-13(16)11-14(18-2)9-10-15(17)12-7-5-4-6-8-12;/h3-10,14H,11H2,1-2H3;/q-1;+1/b10-9+;. The average Bonchev–Trinajstić information content (AvgIpc) is 2.43. The molecule has 1 aromatic rings. The SMILES string of the molecule is C[CH-]C(=O)CC(/C=C/C(=O)c1ccccc1)OC.[K+]. The Morgan fingerprint density at radius 1 is 1.32 bits per heavy atom. The third kappa shape index (κ3) is 7.20. The van der Waals surface area contributed by atoms with Gasteiger partial charge in [-0.1, -0.05) is 36.4 Å². The first kappa shape index (κ1) is 18.8. The molecule has 0 spiro atoms. The predicted octanol–water partition coefficient (Wildman–Crippen LogP) is -0.372. The minimum Gasteiger partial charge on any atom is -0.377 e. The molecule has 0 heterocycles. The normalized spacial score (nSPS) is 11.7. The van der Waals surface area contributed by atoms with Gasteiger partial charge in [-0.25, -0.2) is 0 Å². The molecular weight excluding hydrogens is 267 g/mol. The number of methoxy groups -OCH3 is 1. The van der Waals surface area contributed by atoms with Crippen molar-refractivity contribution in [2.45, 2.75) is 19.4 Å². The number of hydrogen-bond donors (Lipinski definition) is 0. The molecule has 19 heavy (non-hydrogen) atoms. The molecule has 0 fully saturated rings. The van der Waals surface area contributed by atoms with Crippen molar-refractivity contribution in [3.8, 4) is 0 Å². The van der Waals surface area contributed by atoms with E-state index in [1.54, 1.807) is 25.1 Å². The molecule has 0 aliphatic heterocycles. The Bertz CT molecular complexity index is 426. The fraction of sp³-hybridized carbons (Fsp3) is 0.267. The molecule has 0 aromatic heterocycles. The number of allylic oxidation sites excluding steroid dienone is 1. The first-order chi connectivity index (χ1) is 8.67. The summed E-state index contributed by atoms with van der Waals surface area (Å²) in [6, 6.07) is 8.97. The van der Waals surface area contributed by atoms with Crippen molar-refractivity contribution >= 4 is 11.6 Å². The second-order valence-corrected chi connectivity index (χ2v) is 3.82. The van der Waals surface area contributed by atoms with Crippen LogP contribution in [0, 0.1) is 6.42 Å². The van der Waals surface area contributed by atoms with E-state index in [-0.39, 0.29) is 75.5 Å². The van der Waals surface area contributed by atoms with Crippen molar-refractivity contribution in [2.75, 3.05) is 7.11 Å². The Morgan fingerprint density at radius 2 is 1.95 bits per heavy atom.